The van der Waals surface area contributed by atoms with Gasteiger partial charge in [-0.15, -0.1) is 11.3 Å². The molecule has 0 aliphatic carbocycles. The lowest BCUT2D eigenvalue weighted by Gasteiger charge is -2.16. The quantitative estimate of drug-likeness (QED) is 0.823. The molecule has 0 N–H and O–H groups in total. The lowest BCUT2D eigenvalue weighted by atomic mass is 10.3. The van der Waals surface area contributed by atoms with Gasteiger partial charge in [0, 0.05) is 39.4 Å². The number of aryl methyl sites for hydroxylation is 2. The van der Waals surface area contributed by atoms with Gasteiger partial charge in [-0.3, -0.25) is 14.4 Å². The van der Waals surface area contributed by atoms with Crippen LogP contribution in [0.1, 0.15) is 32.8 Å². The number of likely N-dealkylation sites (tertiary alicyclic amines) is 1. The van der Waals surface area contributed by atoms with E-state index in [0.717, 1.165) is 34.2 Å². The fourth-order valence-electron chi connectivity index (χ4n) is 3.57. The van der Waals surface area contributed by atoms with E-state index >= 15 is 0 Å². The number of aromatic nitrogens is 3. The highest BCUT2D eigenvalue weighted by atomic mass is 32.1. The topological polar surface area (TPSA) is 74.6 Å². The van der Waals surface area contributed by atoms with Crippen molar-refractivity contribution in [2.45, 2.75) is 26.3 Å². The Morgan fingerprint density at radius 1 is 1.27 bits per heavy atom. The number of anilines is 1. The third-order valence-electron chi connectivity index (χ3n) is 5.04. The molecule has 8 nitrogen and oxygen atoms in total. The zero-order chi connectivity index (χ0) is 18.4. The van der Waals surface area contributed by atoms with Crippen molar-refractivity contribution in [1.82, 2.24) is 24.6 Å². The number of hydrogen-bond acceptors (Lipinski definition) is 5. The van der Waals surface area contributed by atoms with E-state index in [2.05, 4.69) is 10.1 Å². The van der Waals surface area contributed by atoms with Crippen molar-refractivity contribution < 1.29 is 9.59 Å². The predicted molar refractivity (Wildman–Crippen MR) is 98.7 cm³/mol. The molecule has 138 valence electrons. The number of thiazole rings is 1. The van der Waals surface area contributed by atoms with E-state index in [-0.39, 0.29) is 18.0 Å². The SMILES string of the molecule is Cc1nc(C)c(C(=O)N2CCC(n3cc(N4CCN(C)C4=O)cn3)C2)s1. The number of likely N-dealkylation sites (N-methyl/N-ethyl adjacent to an activating group) is 1. The lowest BCUT2D eigenvalue weighted by molar-refractivity contribution is 0.0791. The van der Waals surface area contributed by atoms with Crippen molar-refractivity contribution in [3.63, 3.8) is 0 Å². The Morgan fingerprint density at radius 3 is 2.73 bits per heavy atom. The van der Waals surface area contributed by atoms with Crippen molar-refractivity contribution in [2.24, 2.45) is 0 Å². The third kappa shape index (κ3) is 2.86. The Bertz CT molecular complexity index is 859. The highest BCUT2D eigenvalue weighted by molar-refractivity contribution is 7.13. The third-order valence-corrected chi connectivity index (χ3v) is 6.10. The number of carbonyl (C=O) groups excluding carboxylic acids is 2. The van der Waals surface area contributed by atoms with Crippen LogP contribution in [-0.4, -0.2) is 69.7 Å². The lowest BCUT2D eigenvalue weighted by Crippen LogP contribution is -2.29. The van der Waals surface area contributed by atoms with E-state index in [0.29, 0.717) is 19.6 Å². The first kappa shape index (κ1) is 17.0. The average molecular weight is 374 g/mol. The molecule has 0 bridgehead atoms. The Kier molecular flexibility index (Phi) is 4.18. The molecule has 2 saturated heterocycles. The number of rotatable bonds is 3. The molecule has 2 aromatic heterocycles. The number of urea groups is 1. The summed E-state index contributed by atoms with van der Waals surface area (Å²) in [5.41, 5.74) is 1.62. The zero-order valence-electron chi connectivity index (χ0n) is 15.2. The first-order valence-electron chi connectivity index (χ1n) is 8.74. The van der Waals surface area contributed by atoms with Gasteiger partial charge < -0.3 is 9.80 Å². The summed E-state index contributed by atoms with van der Waals surface area (Å²) in [7, 11) is 1.80. The summed E-state index contributed by atoms with van der Waals surface area (Å²) in [5.74, 6) is 0.0549. The van der Waals surface area contributed by atoms with E-state index in [1.165, 1.54) is 11.3 Å². The monoisotopic (exact) mass is 374 g/mol. The Labute approximate surface area is 156 Å². The number of carbonyl (C=O) groups is 2. The minimum atomic E-state index is 0.00353. The molecule has 0 saturated carbocycles. The van der Waals surface area contributed by atoms with Crippen LogP contribution < -0.4 is 4.90 Å². The predicted octanol–water partition coefficient (Wildman–Crippen LogP) is 1.92. The molecule has 1 unspecified atom stereocenters. The van der Waals surface area contributed by atoms with Gasteiger partial charge in [0.1, 0.15) is 4.88 Å². The van der Waals surface area contributed by atoms with Crippen LogP contribution in [0.2, 0.25) is 0 Å². The molecule has 2 aliphatic heterocycles. The largest absolute Gasteiger partial charge is 0.336 e. The minimum Gasteiger partial charge on any atom is -0.336 e. The second kappa shape index (κ2) is 6.39. The second-order valence-electron chi connectivity index (χ2n) is 6.88. The Balaban J connectivity index is 1.45. The van der Waals surface area contributed by atoms with Crippen LogP contribution in [-0.2, 0) is 0 Å². The first-order chi connectivity index (χ1) is 12.4. The van der Waals surface area contributed by atoms with E-state index in [9.17, 15) is 9.59 Å². The zero-order valence-corrected chi connectivity index (χ0v) is 16.0. The maximum Gasteiger partial charge on any atom is 0.324 e. The molecule has 0 radical (unpaired) electrons. The molecule has 0 aromatic carbocycles. The molecule has 26 heavy (non-hydrogen) atoms. The van der Waals surface area contributed by atoms with Crippen LogP contribution in [0, 0.1) is 13.8 Å². The summed E-state index contributed by atoms with van der Waals surface area (Å²) in [6.07, 6.45) is 4.51. The summed E-state index contributed by atoms with van der Waals surface area (Å²) in [5, 5.41) is 5.36. The van der Waals surface area contributed by atoms with E-state index in [4.69, 9.17) is 0 Å². The van der Waals surface area contributed by atoms with Crippen LogP contribution in [0.25, 0.3) is 0 Å². The van der Waals surface area contributed by atoms with Gasteiger partial charge in [-0.25, -0.2) is 9.78 Å². The van der Waals surface area contributed by atoms with Crippen molar-refractivity contribution in [2.75, 3.05) is 38.1 Å². The van der Waals surface area contributed by atoms with Gasteiger partial charge in [-0.1, -0.05) is 0 Å². The fourth-order valence-corrected chi connectivity index (χ4v) is 4.46. The van der Waals surface area contributed by atoms with Gasteiger partial charge in [-0.2, -0.15) is 5.10 Å². The van der Waals surface area contributed by atoms with Crippen molar-refractivity contribution in [3.8, 4) is 0 Å². The van der Waals surface area contributed by atoms with Gasteiger partial charge in [0.05, 0.1) is 28.6 Å². The molecular weight excluding hydrogens is 352 g/mol. The highest BCUT2D eigenvalue weighted by Crippen LogP contribution is 2.28. The van der Waals surface area contributed by atoms with E-state index < -0.39 is 0 Å². The molecule has 1 atom stereocenters. The number of amides is 3. The maximum absolute atomic E-state index is 12.8. The van der Waals surface area contributed by atoms with Crippen LogP contribution in [0.4, 0.5) is 10.5 Å². The van der Waals surface area contributed by atoms with Crippen molar-refractivity contribution in [3.05, 3.63) is 28.0 Å². The molecule has 2 aliphatic rings. The smallest absolute Gasteiger partial charge is 0.324 e. The molecule has 3 amide bonds. The van der Waals surface area contributed by atoms with Crippen molar-refractivity contribution >= 4 is 29.0 Å². The van der Waals surface area contributed by atoms with Gasteiger partial charge in [0.2, 0.25) is 0 Å². The van der Waals surface area contributed by atoms with Crippen molar-refractivity contribution in [1.29, 1.82) is 0 Å². The molecular formula is C17H22N6O2S. The molecule has 4 rings (SSSR count). The maximum atomic E-state index is 12.8. The molecule has 2 aromatic rings. The number of nitrogens with zero attached hydrogens (tertiary/aromatic N) is 6. The second-order valence-corrected chi connectivity index (χ2v) is 8.08. The summed E-state index contributed by atoms with van der Waals surface area (Å²) < 4.78 is 1.89. The average Bonchev–Trinajstić information content (AvgIpc) is 3.36. The standard InChI is InChI=1S/C17H22N6O2S/c1-11-15(26-12(2)19-11)16(24)21-5-4-13(9-21)23-10-14(8-18-23)22-7-6-20(3)17(22)25/h8,10,13H,4-7,9H2,1-3H3. The highest BCUT2D eigenvalue weighted by Gasteiger charge is 2.32. The first-order valence-corrected chi connectivity index (χ1v) is 9.56. The molecule has 9 heteroatoms. The molecule has 2 fully saturated rings. The number of hydrogen-bond donors (Lipinski definition) is 0. The van der Waals surface area contributed by atoms with Gasteiger partial charge in [0.25, 0.3) is 5.91 Å². The Hall–Kier alpha value is -2.42. The molecule has 0 spiro atoms. The fraction of sp³-hybridized carbons (Fsp3) is 0.529. The molecule has 4 heterocycles. The van der Waals surface area contributed by atoms with Crippen LogP contribution in [0.3, 0.4) is 0 Å². The summed E-state index contributed by atoms with van der Waals surface area (Å²) in [6, 6.07) is 0.140. The summed E-state index contributed by atoms with van der Waals surface area (Å²) >= 11 is 1.45. The van der Waals surface area contributed by atoms with Crippen LogP contribution in [0.5, 0.6) is 0 Å². The normalized spacial score (nSPS) is 20.5. The van der Waals surface area contributed by atoms with E-state index in [1.54, 1.807) is 23.0 Å². The summed E-state index contributed by atoms with van der Waals surface area (Å²) in [4.78, 5) is 35.3. The summed E-state index contributed by atoms with van der Waals surface area (Å²) in [6.45, 7) is 6.55. The minimum absolute atomic E-state index is 0.00353. The van der Waals surface area contributed by atoms with Crippen LogP contribution >= 0.6 is 11.3 Å². The van der Waals surface area contributed by atoms with Gasteiger partial charge in [0.15, 0.2) is 0 Å². The van der Waals surface area contributed by atoms with Gasteiger partial charge >= 0.3 is 6.03 Å². The van der Waals surface area contributed by atoms with Crippen LogP contribution in [0.15, 0.2) is 12.4 Å². The van der Waals surface area contributed by atoms with Gasteiger partial charge in [-0.05, 0) is 20.3 Å². The Morgan fingerprint density at radius 2 is 2.08 bits per heavy atom. The van der Waals surface area contributed by atoms with E-state index in [1.807, 2.05) is 29.6 Å².